The zero-order chi connectivity index (χ0) is 18.6. The average molecular weight is 370 g/mol. The summed E-state index contributed by atoms with van der Waals surface area (Å²) in [6, 6.07) is 1.81. The van der Waals surface area contributed by atoms with Gasteiger partial charge in [0.05, 0.1) is 30.7 Å². The van der Waals surface area contributed by atoms with Crippen molar-refractivity contribution in [1.82, 2.24) is 35.5 Å². The van der Waals surface area contributed by atoms with Crippen molar-refractivity contribution in [2.24, 2.45) is 5.92 Å². The van der Waals surface area contributed by atoms with Gasteiger partial charge in [-0.1, -0.05) is 0 Å². The Morgan fingerprint density at radius 2 is 2.26 bits per heavy atom. The largest absolute Gasteiger partial charge is 0.379 e. The molecule has 1 saturated carbocycles. The second-order valence-corrected chi connectivity index (χ2v) is 6.66. The van der Waals surface area contributed by atoms with E-state index in [1.807, 2.05) is 6.07 Å². The van der Waals surface area contributed by atoms with Gasteiger partial charge < -0.3 is 20.4 Å². The summed E-state index contributed by atoms with van der Waals surface area (Å²) in [6.45, 7) is 0.446. The van der Waals surface area contributed by atoms with Gasteiger partial charge in [-0.05, 0) is 25.3 Å². The fourth-order valence-electron chi connectivity index (χ4n) is 3.57. The average Bonchev–Trinajstić information content (AvgIpc) is 3.38. The highest BCUT2D eigenvalue weighted by Gasteiger charge is 2.34. The molecule has 3 atom stereocenters. The summed E-state index contributed by atoms with van der Waals surface area (Å²) in [6.07, 6.45) is 6.99. The Balaban J connectivity index is 1.44. The molecule has 4 N–H and O–H groups in total. The SMILES string of the molecule is CO[C@@H]1CC[C@H](C(=O)NCc2ccn[nH]2)C[C@H]1Nc1ncnc2nc[nH]c12. The van der Waals surface area contributed by atoms with Crippen LogP contribution >= 0.6 is 0 Å². The molecule has 3 aromatic heterocycles. The van der Waals surface area contributed by atoms with E-state index in [0.29, 0.717) is 24.4 Å². The van der Waals surface area contributed by atoms with E-state index in [9.17, 15) is 4.79 Å². The minimum atomic E-state index is -0.0871. The minimum Gasteiger partial charge on any atom is -0.379 e. The van der Waals surface area contributed by atoms with E-state index in [2.05, 4.69) is 40.8 Å². The van der Waals surface area contributed by atoms with Crippen LogP contribution in [0.4, 0.5) is 5.82 Å². The number of amides is 1. The summed E-state index contributed by atoms with van der Waals surface area (Å²) in [4.78, 5) is 28.3. The number of aromatic nitrogens is 6. The first kappa shape index (κ1) is 17.4. The van der Waals surface area contributed by atoms with Crippen LogP contribution in [0.3, 0.4) is 0 Å². The maximum Gasteiger partial charge on any atom is 0.223 e. The lowest BCUT2D eigenvalue weighted by Crippen LogP contribution is -2.45. The van der Waals surface area contributed by atoms with E-state index in [1.54, 1.807) is 19.6 Å². The first-order chi connectivity index (χ1) is 13.2. The molecular formula is C17H22N8O2. The minimum absolute atomic E-state index is 0.00888. The molecule has 4 rings (SSSR count). The Morgan fingerprint density at radius 1 is 1.33 bits per heavy atom. The number of imidazole rings is 1. The van der Waals surface area contributed by atoms with E-state index in [-0.39, 0.29) is 24.0 Å². The Labute approximate surface area is 155 Å². The van der Waals surface area contributed by atoms with Crippen molar-refractivity contribution in [3.63, 3.8) is 0 Å². The highest BCUT2D eigenvalue weighted by Crippen LogP contribution is 2.29. The molecule has 0 bridgehead atoms. The van der Waals surface area contributed by atoms with Crippen LogP contribution in [-0.4, -0.2) is 55.3 Å². The number of methoxy groups -OCH3 is 1. The lowest BCUT2D eigenvalue weighted by Gasteiger charge is -2.35. The third kappa shape index (κ3) is 3.75. The van der Waals surface area contributed by atoms with Crippen LogP contribution < -0.4 is 10.6 Å². The number of carbonyl (C=O) groups is 1. The summed E-state index contributed by atoms with van der Waals surface area (Å²) in [7, 11) is 1.70. The van der Waals surface area contributed by atoms with Gasteiger partial charge in [-0.3, -0.25) is 9.89 Å². The van der Waals surface area contributed by atoms with Gasteiger partial charge in [-0.15, -0.1) is 0 Å². The summed E-state index contributed by atoms with van der Waals surface area (Å²) in [5.74, 6) is 0.624. The van der Waals surface area contributed by atoms with Crippen molar-refractivity contribution >= 4 is 22.9 Å². The van der Waals surface area contributed by atoms with Crippen LogP contribution in [0.5, 0.6) is 0 Å². The van der Waals surface area contributed by atoms with Gasteiger partial charge in [0.1, 0.15) is 11.8 Å². The molecular weight excluding hydrogens is 348 g/mol. The molecule has 3 heterocycles. The van der Waals surface area contributed by atoms with Gasteiger partial charge in [0.25, 0.3) is 0 Å². The number of carbonyl (C=O) groups excluding carboxylic acids is 1. The Bertz CT molecular complexity index is 893. The van der Waals surface area contributed by atoms with E-state index < -0.39 is 0 Å². The number of hydrogen-bond donors (Lipinski definition) is 4. The van der Waals surface area contributed by atoms with Crippen LogP contribution in [0.15, 0.2) is 24.9 Å². The molecule has 10 nitrogen and oxygen atoms in total. The number of ether oxygens (including phenoxy) is 1. The highest BCUT2D eigenvalue weighted by atomic mass is 16.5. The Hall–Kier alpha value is -3.01. The van der Waals surface area contributed by atoms with Crippen molar-refractivity contribution in [3.05, 3.63) is 30.6 Å². The van der Waals surface area contributed by atoms with Gasteiger partial charge in [-0.25, -0.2) is 15.0 Å². The molecule has 10 heteroatoms. The highest BCUT2D eigenvalue weighted by molar-refractivity contribution is 5.82. The second-order valence-electron chi connectivity index (χ2n) is 6.66. The number of nitrogens with zero attached hydrogens (tertiary/aromatic N) is 4. The Morgan fingerprint density at radius 3 is 3.07 bits per heavy atom. The fraction of sp³-hybridized carbons (Fsp3) is 0.471. The van der Waals surface area contributed by atoms with Gasteiger partial charge in [0.2, 0.25) is 5.91 Å². The molecule has 142 valence electrons. The van der Waals surface area contributed by atoms with Crippen molar-refractivity contribution in [2.75, 3.05) is 12.4 Å². The third-order valence-corrected chi connectivity index (χ3v) is 5.02. The number of nitrogens with one attached hydrogen (secondary N) is 4. The van der Waals surface area contributed by atoms with Crippen LogP contribution in [0.25, 0.3) is 11.2 Å². The van der Waals surface area contributed by atoms with Gasteiger partial charge in [-0.2, -0.15) is 5.10 Å². The summed E-state index contributed by atoms with van der Waals surface area (Å²) < 4.78 is 5.64. The number of H-pyrrole nitrogens is 2. The molecule has 1 aliphatic rings. The lowest BCUT2D eigenvalue weighted by atomic mass is 9.83. The van der Waals surface area contributed by atoms with E-state index in [0.717, 1.165) is 24.1 Å². The van der Waals surface area contributed by atoms with Crippen LogP contribution in [0.1, 0.15) is 25.0 Å². The van der Waals surface area contributed by atoms with Gasteiger partial charge >= 0.3 is 0 Å². The molecule has 0 radical (unpaired) electrons. The van der Waals surface area contributed by atoms with Crippen molar-refractivity contribution in [2.45, 2.75) is 38.0 Å². The van der Waals surface area contributed by atoms with Crippen LogP contribution in [-0.2, 0) is 16.1 Å². The molecule has 3 aromatic rings. The smallest absolute Gasteiger partial charge is 0.223 e. The zero-order valence-electron chi connectivity index (χ0n) is 15.0. The lowest BCUT2D eigenvalue weighted by molar-refractivity contribution is -0.127. The summed E-state index contributed by atoms with van der Waals surface area (Å²) in [5, 5.41) is 13.1. The van der Waals surface area contributed by atoms with E-state index in [4.69, 9.17) is 4.74 Å². The molecule has 0 aliphatic heterocycles. The standard InChI is InChI=1S/C17H22N8O2/c1-27-13-3-2-10(17(26)18-7-11-4-5-23-25-11)6-12(13)24-16-14-15(20-8-19-14)21-9-22-16/h4-5,8-10,12-13H,2-3,6-7H2,1H3,(H,18,26)(H,23,25)(H2,19,20,21,22,24)/t10-,12+,13+/m0/s1. The van der Waals surface area contributed by atoms with Crippen molar-refractivity contribution in [1.29, 1.82) is 0 Å². The molecule has 0 saturated heterocycles. The fourth-order valence-corrected chi connectivity index (χ4v) is 3.57. The molecule has 0 unspecified atom stereocenters. The molecule has 1 amide bonds. The maximum atomic E-state index is 12.6. The van der Waals surface area contributed by atoms with E-state index in [1.165, 1.54) is 6.33 Å². The number of anilines is 1. The number of fused-ring (bicyclic) bond motifs is 1. The van der Waals surface area contributed by atoms with Crippen molar-refractivity contribution < 1.29 is 9.53 Å². The van der Waals surface area contributed by atoms with Gasteiger partial charge in [0.15, 0.2) is 11.5 Å². The zero-order valence-corrected chi connectivity index (χ0v) is 15.0. The van der Waals surface area contributed by atoms with Crippen LogP contribution in [0.2, 0.25) is 0 Å². The first-order valence-electron chi connectivity index (χ1n) is 8.94. The van der Waals surface area contributed by atoms with Crippen LogP contribution in [0, 0.1) is 5.92 Å². The normalized spacial score (nSPS) is 22.6. The summed E-state index contributed by atoms with van der Waals surface area (Å²) >= 11 is 0. The number of aromatic amines is 2. The quantitative estimate of drug-likeness (QED) is 0.508. The number of rotatable bonds is 6. The maximum absolute atomic E-state index is 12.6. The molecule has 1 fully saturated rings. The predicted molar refractivity (Wildman–Crippen MR) is 97.7 cm³/mol. The topological polar surface area (TPSA) is 134 Å². The van der Waals surface area contributed by atoms with Gasteiger partial charge in [0, 0.05) is 19.2 Å². The summed E-state index contributed by atoms with van der Waals surface area (Å²) in [5.41, 5.74) is 2.23. The molecule has 1 aliphatic carbocycles. The monoisotopic (exact) mass is 370 g/mol. The Kier molecular flexibility index (Phi) is 4.97. The molecule has 0 aromatic carbocycles. The number of hydrogen-bond acceptors (Lipinski definition) is 7. The van der Waals surface area contributed by atoms with Crippen molar-refractivity contribution in [3.8, 4) is 0 Å². The van der Waals surface area contributed by atoms with E-state index >= 15 is 0 Å². The molecule has 27 heavy (non-hydrogen) atoms. The predicted octanol–water partition coefficient (Wildman–Crippen LogP) is 0.988. The third-order valence-electron chi connectivity index (χ3n) is 5.02. The second kappa shape index (κ2) is 7.70. The first-order valence-corrected chi connectivity index (χ1v) is 8.94. The molecule has 0 spiro atoms.